The monoisotopic (exact) mass is 289 g/mol. The molecule has 1 aromatic heterocycles. The minimum absolute atomic E-state index is 0.324. The molecule has 0 spiro atoms. The molecule has 0 fully saturated rings. The Morgan fingerprint density at radius 2 is 2.05 bits per heavy atom. The third-order valence-corrected chi connectivity index (χ3v) is 3.76. The summed E-state index contributed by atoms with van der Waals surface area (Å²) in [7, 11) is 2.08. The van der Waals surface area contributed by atoms with E-state index in [1.54, 1.807) is 0 Å². The third kappa shape index (κ3) is 4.55. The lowest BCUT2D eigenvalue weighted by atomic mass is 10.0. The number of rotatable bonds is 7. The van der Waals surface area contributed by atoms with E-state index in [9.17, 15) is 5.11 Å². The topological polar surface area (TPSA) is 50.1 Å². The molecule has 0 bridgehead atoms. The van der Waals surface area contributed by atoms with E-state index in [0.717, 1.165) is 37.1 Å². The molecule has 0 aliphatic heterocycles. The Bertz CT molecular complexity index is 583. The largest absolute Gasteiger partial charge is 0.390 e. The Hall–Kier alpha value is -1.39. The second kappa shape index (κ2) is 6.58. The highest BCUT2D eigenvalue weighted by atomic mass is 16.3. The number of aryl methyl sites for hydroxylation is 2. The van der Waals surface area contributed by atoms with Gasteiger partial charge in [0, 0.05) is 19.5 Å². The summed E-state index contributed by atoms with van der Waals surface area (Å²) in [5.41, 5.74) is 1.65. The summed E-state index contributed by atoms with van der Waals surface area (Å²) in [4.78, 5) is 4.68. The predicted octanol–water partition coefficient (Wildman–Crippen LogP) is 2.65. The van der Waals surface area contributed by atoms with Gasteiger partial charge in [-0.05, 0) is 52.3 Å². The molecule has 0 saturated heterocycles. The molecule has 1 heterocycles. The van der Waals surface area contributed by atoms with E-state index >= 15 is 0 Å². The van der Waals surface area contributed by atoms with Gasteiger partial charge in [-0.25, -0.2) is 4.98 Å². The molecule has 0 radical (unpaired) electrons. The van der Waals surface area contributed by atoms with Gasteiger partial charge in [0.15, 0.2) is 0 Å². The van der Waals surface area contributed by atoms with Crippen LogP contribution in [0.1, 0.15) is 39.4 Å². The Morgan fingerprint density at radius 1 is 1.33 bits per heavy atom. The van der Waals surface area contributed by atoms with Crippen LogP contribution in [0.4, 0.5) is 0 Å². The van der Waals surface area contributed by atoms with Crippen molar-refractivity contribution in [2.45, 2.75) is 51.7 Å². The number of hydrogen-bond donors (Lipinski definition) is 2. The average molecular weight is 289 g/mol. The van der Waals surface area contributed by atoms with Crippen LogP contribution in [0.3, 0.4) is 0 Å². The molecule has 21 heavy (non-hydrogen) atoms. The first-order valence-electron chi connectivity index (χ1n) is 7.73. The maximum Gasteiger partial charge on any atom is 0.109 e. The third-order valence-electron chi connectivity index (χ3n) is 3.76. The van der Waals surface area contributed by atoms with E-state index in [1.807, 2.05) is 26.0 Å². The number of fused-ring (bicyclic) bond motifs is 1. The maximum absolute atomic E-state index is 9.79. The minimum atomic E-state index is -0.607. The molecule has 4 nitrogen and oxygen atoms in total. The maximum atomic E-state index is 9.79. The molecule has 1 atom stereocenters. The fourth-order valence-corrected chi connectivity index (χ4v) is 2.84. The zero-order chi connectivity index (χ0) is 15.5. The van der Waals surface area contributed by atoms with Crippen molar-refractivity contribution in [3.63, 3.8) is 0 Å². The summed E-state index contributed by atoms with van der Waals surface area (Å²) in [6.07, 6.45) is 2.78. The van der Waals surface area contributed by atoms with Crippen molar-refractivity contribution in [1.29, 1.82) is 0 Å². The zero-order valence-electron chi connectivity index (χ0n) is 13.6. The molecule has 116 valence electrons. The van der Waals surface area contributed by atoms with Crippen molar-refractivity contribution < 1.29 is 5.11 Å². The summed E-state index contributed by atoms with van der Waals surface area (Å²) >= 11 is 0. The van der Waals surface area contributed by atoms with Crippen LogP contribution in [0.5, 0.6) is 0 Å². The van der Waals surface area contributed by atoms with E-state index in [0.29, 0.717) is 6.04 Å². The standard InChI is InChI=1S/C17H27N3O/c1-13(12-17(2,3)21)18-11-7-10-16-19-14-8-5-6-9-15(14)20(16)4/h5-6,8-9,13,18,21H,7,10-12H2,1-4H3. The first-order chi connectivity index (χ1) is 9.87. The molecule has 1 unspecified atom stereocenters. The number of hydrogen-bond acceptors (Lipinski definition) is 3. The molecule has 1 aromatic carbocycles. The molecular formula is C17H27N3O. The predicted molar refractivity (Wildman–Crippen MR) is 87.4 cm³/mol. The van der Waals surface area contributed by atoms with Crippen LogP contribution in [0.15, 0.2) is 24.3 Å². The summed E-state index contributed by atoms with van der Waals surface area (Å²) in [6.45, 7) is 6.77. The number of nitrogens with one attached hydrogen (secondary N) is 1. The van der Waals surface area contributed by atoms with Gasteiger partial charge in [-0.2, -0.15) is 0 Å². The molecule has 0 saturated carbocycles. The number of imidazole rings is 1. The second-order valence-electron chi connectivity index (χ2n) is 6.55. The Morgan fingerprint density at radius 3 is 2.71 bits per heavy atom. The van der Waals surface area contributed by atoms with Gasteiger partial charge in [0.25, 0.3) is 0 Å². The smallest absolute Gasteiger partial charge is 0.109 e. The van der Waals surface area contributed by atoms with E-state index in [1.165, 1.54) is 5.52 Å². The lowest BCUT2D eigenvalue weighted by Gasteiger charge is -2.22. The summed E-state index contributed by atoms with van der Waals surface area (Å²) in [5, 5.41) is 13.3. The highest BCUT2D eigenvalue weighted by Gasteiger charge is 2.16. The zero-order valence-corrected chi connectivity index (χ0v) is 13.6. The van der Waals surface area contributed by atoms with Crippen LogP contribution in [0, 0.1) is 0 Å². The lowest BCUT2D eigenvalue weighted by Crippen LogP contribution is -2.35. The first-order valence-corrected chi connectivity index (χ1v) is 7.73. The average Bonchev–Trinajstić information content (AvgIpc) is 2.70. The van der Waals surface area contributed by atoms with Crippen molar-refractivity contribution in [2.75, 3.05) is 6.54 Å². The Balaban J connectivity index is 1.81. The van der Waals surface area contributed by atoms with E-state index < -0.39 is 5.60 Å². The quantitative estimate of drug-likeness (QED) is 0.770. The minimum Gasteiger partial charge on any atom is -0.390 e. The first kappa shape index (κ1) is 16.0. The fraction of sp³-hybridized carbons (Fsp3) is 0.588. The van der Waals surface area contributed by atoms with Crippen LogP contribution in [-0.2, 0) is 13.5 Å². The molecule has 0 aliphatic carbocycles. The number of nitrogens with zero attached hydrogens (tertiary/aromatic N) is 2. The SMILES string of the molecule is CC(CC(C)(C)O)NCCCc1nc2ccccc2n1C. The Kier molecular flexibility index (Phi) is 5.01. The molecular weight excluding hydrogens is 262 g/mol. The van der Waals surface area contributed by atoms with Crippen molar-refractivity contribution >= 4 is 11.0 Å². The number of benzene rings is 1. The molecule has 2 rings (SSSR count). The van der Waals surface area contributed by atoms with E-state index in [2.05, 4.69) is 41.0 Å². The summed E-state index contributed by atoms with van der Waals surface area (Å²) in [5.74, 6) is 1.13. The fourth-order valence-electron chi connectivity index (χ4n) is 2.84. The van der Waals surface area contributed by atoms with Crippen LogP contribution < -0.4 is 5.32 Å². The normalized spacial score (nSPS) is 13.8. The molecule has 2 N–H and O–H groups in total. The van der Waals surface area contributed by atoms with Crippen molar-refractivity contribution in [2.24, 2.45) is 7.05 Å². The molecule has 2 aromatic rings. The number of para-hydroxylation sites is 2. The van der Waals surface area contributed by atoms with Crippen molar-refractivity contribution in [1.82, 2.24) is 14.9 Å². The highest BCUT2D eigenvalue weighted by Crippen LogP contribution is 2.15. The van der Waals surface area contributed by atoms with Gasteiger partial charge in [0.05, 0.1) is 16.6 Å². The van der Waals surface area contributed by atoms with Gasteiger partial charge in [0.2, 0.25) is 0 Å². The molecule has 4 heteroatoms. The van der Waals surface area contributed by atoms with Gasteiger partial charge in [-0.3, -0.25) is 0 Å². The lowest BCUT2D eigenvalue weighted by molar-refractivity contribution is 0.0613. The summed E-state index contributed by atoms with van der Waals surface area (Å²) in [6, 6.07) is 8.57. The van der Waals surface area contributed by atoms with Crippen LogP contribution in [-0.4, -0.2) is 32.8 Å². The number of aromatic nitrogens is 2. The highest BCUT2D eigenvalue weighted by molar-refractivity contribution is 5.75. The van der Waals surface area contributed by atoms with Gasteiger partial charge >= 0.3 is 0 Å². The van der Waals surface area contributed by atoms with Crippen molar-refractivity contribution in [3.05, 3.63) is 30.1 Å². The van der Waals surface area contributed by atoms with Crippen LogP contribution in [0.25, 0.3) is 11.0 Å². The van der Waals surface area contributed by atoms with E-state index in [-0.39, 0.29) is 0 Å². The summed E-state index contributed by atoms with van der Waals surface area (Å²) < 4.78 is 2.18. The van der Waals surface area contributed by atoms with Gasteiger partial charge in [-0.15, -0.1) is 0 Å². The molecule has 0 amide bonds. The second-order valence-corrected chi connectivity index (χ2v) is 6.55. The van der Waals surface area contributed by atoms with Gasteiger partial charge in [-0.1, -0.05) is 12.1 Å². The van der Waals surface area contributed by atoms with Crippen molar-refractivity contribution in [3.8, 4) is 0 Å². The number of aliphatic hydroxyl groups is 1. The molecule has 0 aliphatic rings. The van der Waals surface area contributed by atoms with Gasteiger partial charge < -0.3 is 15.0 Å². The van der Waals surface area contributed by atoms with E-state index in [4.69, 9.17) is 0 Å². The van der Waals surface area contributed by atoms with Crippen LogP contribution >= 0.6 is 0 Å². The van der Waals surface area contributed by atoms with Crippen LogP contribution in [0.2, 0.25) is 0 Å². The Labute approximate surface area is 127 Å². The van der Waals surface area contributed by atoms with Gasteiger partial charge in [0.1, 0.15) is 5.82 Å².